The van der Waals surface area contributed by atoms with E-state index in [1.54, 1.807) is 0 Å². The predicted octanol–water partition coefficient (Wildman–Crippen LogP) is 3.29. The van der Waals surface area contributed by atoms with E-state index in [0.29, 0.717) is 5.54 Å². The zero-order valence-corrected chi connectivity index (χ0v) is 12.4. The third-order valence-corrected chi connectivity index (χ3v) is 3.33. The van der Waals surface area contributed by atoms with Crippen molar-refractivity contribution < 1.29 is 0 Å². The lowest BCUT2D eigenvalue weighted by atomic mass is 10.0. The van der Waals surface area contributed by atoms with E-state index in [0.717, 1.165) is 19.6 Å². The Labute approximate surface area is 112 Å². The lowest BCUT2D eigenvalue weighted by Gasteiger charge is -2.23. The molecule has 1 aromatic rings. The van der Waals surface area contributed by atoms with Crippen molar-refractivity contribution >= 4 is 0 Å². The average molecular weight is 248 g/mol. The monoisotopic (exact) mass is 248 g/mol. The number of nitrogens with zero attached hydrogens (tertiary/aromatic N) is 1. The zero-order valence-electron chi connectivity index (χ0n) is 12.4. The average Bonchev–Trinajstić information content (AvgIpc) is 2.55. The van der Waals surface area contributed by atoms with Crippen molar-refractivity contribution in [2.24, 2.45) is 0 Å². The highest BCUT2D eigenvalue weighted by atomic mass is 15.2. The molecule has 2 rings (SSSR count). The first-order valence-corrected chi connectivity index (χ1v) is 7.17. The smallest absolute Gasteiger partial charge is 0.0234 e. The molecule has 1 aliphatic heterocycles. The highest BCUT2D eigenvalue weighted by Gasteiger charge is 2.21. The number of hydrogen-bond acceptors (Lipinski definition) is 2. The van der Waals surface area contributed by atoms with Crippen molar-refractivity contribution in [2.45, 2.75) is 46.2 Å². The molecule has 1 N–H and O–H groups in total. The summed E-state index contributed by atoms with van der Waals surface area (Å²) in [5, 5.41) is 3.59. The molecule has 0 aromatic heterocycles. The molecular weight excluding hydrogens is 220 g/mol. The Morgan fingerprint density at radius 2 is 1.78 bits per heavy atom. The molecule has 0 aliphatic carbocycles. The summed E-state index contributed by atoms with van der Waals surface area (Å²) in [6.07, 6.45) is 1.22. The normalized spacial score (nSPS) is 19.6. The van der Waals surface area contributed by atoms with Crippen molar-refractivity contribution in [2.75, 3.05) is 19.6 Å². The van der Waals surface area contributed by atoms with Crippen LogP contribution in [0.4, 0.5) is 0 Å². The number of rotatable bonds is 2. The minimum Gasteiger partial charge on any atom is -0.310 e. The Bertz CT molecular complexity index is 319. The maximum Gasteiger partial charge on any atom is 0.0234 e. The van der Waals surface area contributed by atoms with Gasteiger partial charge in [0.1, 0.15) is 0 Å². The maximum absolute atomic E-state index is 3.59. The molecule has 1 aromatic carbocycles. The second-order valence-corrected chi connectivity index (χ2v) is 5.32. The second-order valence-electron chi connectivity index (χ2n) is 5.32. The number of benzene rings is 1. The summed E-state index contributed by atoms with van der Waals surface area (Å²) in [7, 11) is 0. The van der Waals surface area contributed by atoms with Crippen LogP contribution in [0.25, 0.3) is 0 Å². The first-order valence-electron chi connectivity index (χ1n) is 7.17. The second kappa shape index (κ2) is 7.55. The Morgan fingerprint density at radius 3 is 2.44 bits per heavy atom. The molecule has 1 heterocycles. The van der Waals surface area contributed by atoms with Crippen LogP contribution in [0.5, 0.6) is 0 Å². The van der Waals surface area contributed by atoms with Gasteiger partial charge in [-0.3, -0.25) is 4.90 Å². The van der Waals surface area contributed by atoms with Gasteiger partial charge in [0.15, 0.2) is 0 Å². The molecule has 0 unspecified atom stereocenters. The Kier molecular flexibility index (Phi) is 6.37. The van der Waals surface area contributed by atoms with Crippen LogP contribution in [0.15, 0.2) is 30.3 Å². The molecule has 0 atom stereocenters. The van der Waals surface area contributed by atoms with Crippen molar-refractivity contribution in [3.63, 3.8) is 0 Å². The van der Waals surface area contributed by atoms with Crippen LogP contribution in [0.3, 0.4) is 0 Å². The van der Waals surface area contributed by atoms with Crippen molar-refractivity contribution in [1.82, 2.24) is 10.2 Å². The van der Waals surface area contributed by atoms with Gasteiger partial charge >= 0.3 is 0 Å². The Morgan fingerprint density at radius 1 is 1.11 bits per heavy atom. The SMILES string of the molecule is CC.CC1(C)CCN(Cc2ccccc2)CCN1. The molecule has 1 saturated heterocycles. The van der Waals surface area contributed by atoms with Crippen molar-refractivity contribution in [3.8, 4) is 0 Å². The lowest BCUT2D eigenvalue weighted by Crippen LogP contribution is -2.39. The van der Waals surface area contributed by atoms with E-state index in [1.165, 1.54) is 18.5 Å². The highest BCUT2D eigenvalue weighted by Crippen LogP contribution is 2.14. The van der Waals surface area contributed by atoms with Gasteiger partial charge in [0.05, 0.1) is 0 Å². The molecule has 0 saturated carbocycles. The highest BCUT2D eigenvalue weighted by molar-refractivity contribution is 5.14. The molecule has 18 heavy (non-hydrogen) atoms. The van der Waals surface area contributed by atoms with Crippen LogP contribution >= 0.6 is 0 Å². The molecule has 2 nitrogen and oxygen atoms in total. The molecule has 1 aliphatic rings. The zero-order chi connectivity index (χ0) is 13.4. The molecule has 102 valence electrons. The molecule has 0 spiro atoms. The third kappa shape index (κ3) is 5.19. The summed E-state index contributed by atoms with van der Waals surface area (Å²) in [4.78, 5) is 2.54. The van der Waals surface area contributed by atoms with Gasteiger partial charge in [-0.2, -0.15) is 0 Å². The summed E-state index contributed by atoms with van der Waals surface area (Å²) >= 11 is 0. The largest absolute Gasteiger partial charge is 0.310 e. The van der Waals surface area contributed by atoms with Gasteiger partial charge in [-0.15, -0.1) is 0 Å². The van der Waals surface area contributed by atoms with Gasteiger partial charge < -0.3 is 5.32 Å². The summed E-state index contributed by atoms with van der Waals surface area (Å²) < 4.78 is 0. The van der Waals surface area contributed by atoms with Crippen molar-refractivity contribution in [3.05, 3.63) is 35.9 Å². The van der Waals surface area contributed by atoms with Crippen LogP contribution in [0, 0.1) is 0 Å². The van der Waals surface area contributed by atoms with Crippen LogP contribution < -0.4 is 5.32 Å². The van der Waals surface area contributed by atoms with Crippen LogP contribution in [-0.4, -0.2) is 30.1 Å². The fraction of sp³-hybridized carbons (Fsp3) is 0.625. The molecule has 0 amide bonds. The van der Waals surface area contributed by atoms with E-state index in [4.69, 9.17) is 0 Å². The summed E-state index contributed by atoms with van der Waals surface area (Å²) in [5.74, 6) is 0. The third-order valence-electron chi connectivity index (χ3n) is 3.33. The van der Waals surface area contributed by atoms with E-state index >= 15 is 0 Å². The fourth-order valence-corrected chi connectivity index (χ4v) is 2.19. The first-order chi connectivity index (χ1) is 8.66. The molecular formula is C16H28N2. The minimum absolute atomic E-state index is 0.297. The molecule has 0 bridgehead atoms. The van der Waals surface area contributed by atoms with Crippen molar-refractivity contribution in [1.29, 1.82) is 0 Å². The standard InChI is InChI=1S/C14H22N2.C2H6/c1-14(2)8-10-16(11-9-15-14)12-13-6-4-3-5-7-13;1-2/h3-7,15H,8-12H2,1-2H3;1-2H3. The maximum atomic E-state index is 3.59. The quantitative estimate of drug-likeness (QED) is 0.864. The van der Waals surface area contributed by atoms with Crippen LogP contribution in [0.2, 0.25) is 0 Å². The van der Waals surface area contributed by atoms with E-state index in [9.17, 15) is 0 Å². The van der Waals surface area contributed by atoms with Gasteiger partial charge in [0, 0.05) is 31.7 Å². The Balaban J connectivity index is 0.000000771. The van der Waals surface area contributed by atoms with Gasteiger partial charge in [0.2, 0.25) is 0 Å². The van der Waals surface area contributed by atoms with Crippen LogP contribution in [0.1, 0.15) is 39.7 Å². The van der Waals surface area contributed by atoms with Crippen LogP contribution in [-0.2, 0) is 6.54 Å². The van der Waals surface area contributed by atoms with E-state index in [2.05, 4.69) is 54.4 Å². The van der Waals surface area contributed by atoms with E-state index in [1.807, 2.05) is 13.8 Å². The summed E-state index contributed by atoms with van der Waals surface area (Å²) in [6.45, 7) is 13.1. The van der Waals surface area contributed by atoms with Gasteiger partial charge in [0.25, 0.3) is 0 Å². The van der Waals surface area contributed by atoms with Gasteiger partial charge in [-0.25, -0.2) is 0 Å². The van der Waals surface area contributed by atoms with E-state index < -0.39 is 0 Å². The number of hydrogen-bond donors (Lipinski definition) is 1. The fourth-order valence-electron chi connectivity index (χ4n) is 2.19. The number of nitrogens with one attached hydrogen (secondary N) is 1. The van der Waals surface area contributed by atoms with Gasteiger partial charge in [-0.1, -0.05) is 44.2 Å². The topological polar surface area (TPSA) is 15.3 Å². The molecule has 2 heteroatoms. The Hall–Kier alpha value is -0.860. The summed E-state index contributed by atoms with van der Waals surface area (Å²) in [6, 6.07) is 10.7. The summed E-state index contributed by atoms with van der Waals surface area (Å²) in [5.41, 5.74) is 1.72. The molecule has 0 radical (unpaired) electrons. The predicted molar refractivity (Wildman–Crippen MR) is 79.8 cm³/mol. The van der Waals surface area contributed by atoms with E-state index in [-0.39, 0.29) is 0 Å². The van der Waals surface area contributed by atoms with Gasteiger partial charge in [-0.05, 0) is 25.8 Å². The molecule has 1 fully saturated rings. The first kappa shape index (κ1) is 15.2. The minimum atomic E-state index is 0.297. The lowest BCUT2D eigenvalue weighted by molar-refractivity contribution is 0.276.